The van der Waals surface area contributed by atoms with Gasteiger partial charge in [-0.15, -0.1) is 6.58 Å². The lowest BCUT2D eigenvalue weighted by Crippen LogP contribution is -2.26. The van der Waals surface area contributed by atoms with Crippen LogP contribution in [0.15, 0.2) is 61.2 Å². The lowest BCUT2D eigenvalue weighted by atomic mass is 10.0. The molecule has 0 radical (unpaired) electrons. The van der Waals surface area contributed by atoms with Gasteiger partial charge in [0.1, 0.15) is 5.75 Å². The van der Waals surface area contributed by atoms with Crippen LogP contribution in [0.4, 0.5) is 0 Å². The van der Waals surface area contributed by atoms with E-state index in [0.29, 0.717) is 5.56 Å². The molecule has 0 aromatic heterocycles. The zero-order valence-corrected chi connectivity index (χ0v) is 19.9. The van der Waals surface area contributed by atoms with Gasteiger partial charge in [0, 0.05) is 0 Å². The van der Waals surface area contributed by atoms with Crippen LogP contribution in [0.5, 0.6) is 5.75 Å². The van der Waals surface area contributed by atoms with Crippen molar-refractivity contribution in [3.8, 4) is 16.9 Å². The summed E-state index contributed by atoms with van der Waals surface area (Å²) < 4.78 is 15.9. The number of hydrogen-bond acceptors (Lipinski definition) is 5. The average Bonchev–Trinajstić information content (AvgIpc) is 2.83. The highest BCUT2D eigenvalue weighted by Gasteiger charge is 2.19. The zero-order valence-electron chi connectivity index (χ0n) is 19.9. The summed E-state index contributed by atoms with van der Waals surface area (Å²) in [5.41, 5.74) is 2.39. The molecule has 0 saturated carbocycles. The minimum Gasteiger partial charge on any atom is -0.494 e. The third kappa shape index (κ3) is 9.52. The SMILES string of the molecule is C=CCCCCCCCCOc1ccc(-c2ccc(C(=O)OC(C)C(=O)OCC)cc2)cc1. The molecule has 0 aliphatic carbocycles. The van der Waals surface area contributed by atoms with Gasteiger partial charge in [0.2, 0.25) is 0 Å². The van der Waals surface area contributed by atoms with Gasteiger partial charge >= 0.3 is 11.9 Å². The van der Waals surface area contributed by atoms with E-state index >= 15 is 0 Å². The van der Waals surface area contributed by atoms with Gasteiger partial charge in [0.05, 0.1) is 18.8 Å². The van der Waals surface area contributed by atoms with E-state index in [2.05, 4.69) is 6.58 Å². The van der Waals surface area contributed by atoms with Gasteiger partial charge in [-0.2, -0.15) is 0 Å². The molecular formula is C28H36O5. The molecule has 5 heteroatoms. The van der Waals surface area contributed by atoms with Gasteiger partial charge in [0.15, 0.2) is 6.10 Å². The molecule has 0 amide bonds. The fraction of sp³-hybridized carbons (Fsp3) is 0.429. The molecule has 1 atom stereocenters. The molecule has 5 nitrogen and oxygen atoms in total. The first-order valence-electron chi connectivity index (χ1n) is 11.9. The van der Waals surface area contributed by atoms with Gasteiger partial charge in [-0.3, -0.25) is 0 Å². The van der Waals surface area contributed by atoms with Crippen LogP contribution < -0.4 is 4.74 Å². The predicted molar refractivity (Wildman–Crippen MR) is 131 cm³/mol. The summed E-state index contributed by atoms with van der Waals surface area (Å²) in [4.78, 5) is 23.9. The van der Waals surface area contributed by atoms with E-state index in [0.717, 1.165) is 36.3 Å². The number of carbonyl (C=O) groups excluding carboxylic acids is 2. The van der Waals surface area contributed by atoms with Crippen LogP contribution >= 0.6 is 0 Å². The van der Waals surface area contributed by atoms with Gasteiger partial charge in [-0.25, -0.2) is 9.59 Å². The second kappa shape index (κ2) is 14.9. The summed E-state index contributed by atoms with van der Waals surface area (Å²) in [5.74, 6) is -0.246. The first-order chi connectivity index (χ1) is 16.0. The van der Waals surface area contributed by atoms with Crippen LogP contribution in [0, 0.1) is 0 Å². The normalized spacial score (nSPS) is 11.5. The van der Waals surface area contributed by atoms with Gasteiger partial charge in [-0.05, 0) is 68.5 Å². The van der Waals surface area contributed by atoms with Crippen molar-refractivity contribution in [3.05, 3.63) is 66.7 Å². The number of esters is 2. The van der Waals surface area contributed by atoms with Gasteiger partial charge in [0.25, 0.3) is 0 Å². The Balaban J connectivity index is 1.76. The quantitative estimate of drug-likeness (QED) is 0.170. The molecule has 178 valence electrons. The van der Waals surface area contributed by atoms with Crippen molar-refractivity contribution in [1.29, 1.82) is 0 Å². The van der Waals surface area contributed by atoms with Crippen LogP contribution in [0.25, 0.3) is 11.1 Å². The van der Waals surface area contributed by atoms with Crippen LogP contribution in [0.1, 0.15) is 69.2 Å². The predicted octanol–water partition coefficient (Wildman–Crippen LogP) is 6.76. The summed E-state index contributed by atoms with van der Waals surface area (Å²) in [7, 11) is 0. The minimum absolute atomic E-state index is 0.246. The smallest absolute Gasteiger partial charge is 0.347 e. The molecule has 0 saturated heterocycles. The topological polar surface area (TPSA) is 61.8 Å². The largest absolute Gasteiger partial charge is 0.494 e. The lowest BCUT2D eigenvalue weighted by Gasteiger charge is -2.12. The Morgan fingerprint density at radius 2 is 1.45 bits per heavy atom. The maximum Gasteiger partial charge on any atom is 0.347 e. The first kappa shape index (κ1) is 26.2. The van der Waals surface area contributed by atoms with Gasteiger partial charge in [-0.1, -0.05) is 56.0 Å². The Labute approximate surface area is 197 Å². The number of unbranched alkanes of at least 4 members (excludes halogenated alkanes) is 6. The van der Waals surface area contributed by atoms with Crippen LogP contribution in [0.2, 0.25) is 0 Å². The number of rotatable bonds is 15. The van der Waals surface area contributed by atoms with Crippen LogP contribution in [-0.2, 0) is 14.3 Å². The third-order valence-electron chi connectivity index (χ3n) is 5.28. The molecule has 0 aliphatic rings. The van der Waals surface area contributed by atoms with Crippen molar-refractivity contribution in [1.82, 2.24) is 0 Å². The zero-order chi connectivity index (χ0) is 23.9. The third-order valence-corrected chi connectivity index (χ3v) is 5.28. The molecule has 2 rings (SSSR count). The van der Waals surface area contributed by atoms with Crippen molar-refractivity contribution < 1.29 is 23.8 Å². The molecule has 0 N–H and O–H groups in total. The first-order valence-corrected chi connectivity index (χ1v) is 11.9. The molecule has 2 aromatic carbocycles. The maximum absolute atomic E-state index is 12.2. The Morgan fingerprint density at radius 3 is 2.06 bits per heavy atom. The highest BCUT2D eigenvalue weighted by atomic mass is 16.6. The van der Waals surface area contributed by atoms with E-state index in [4.69, 9.17) is 14.2 Å². The van der Waals surface area contributed by atoms with Gasteiger partial charge < -0.3 is 14.2 Å². The van der Waals surface area contributed by atoms with Crippen LogP contribution in [0.3, 0.4) is 0 Å². The van der Waals surface area contributed by atoms with Crippen molar-refractivity contribution in [2.45, 2.75) is 64.9 Å². The Morgan fingerprint density at radius 1 is 0.879 bits per heavy atom. The summed E-state index contributed by atoms with van der Waals surface area (Å²) in [6.07, 6.45) is 9.49. The molecule has 0 spiro atoms. The molecule has 0 fully saturated rings. The number of hydrogen-bond donors (Lipinski definition) is 0. The molecular weight excluding hydrogens is 416 g/mol. The fourth-order valence-corrected chi connectivity index (χ4v) is 3.37. The van der Waals surface area contributed by atoms with E-state index in [-0.39, 0.29) is 6.61 Å². The summed E-state index contributed by atoms with van der Waals surface area (Å²) in [6.45, 7) is 7.93. The second-order valence-electron chi connectivity index (χ2n) is 7.95. The molecule has 2 aromatic rings. The standard InChI is InChI=1S/C28H36O5/c1-4-6-7-8-9-10-11-12-21-32-26-19-17-24(18-20-26)23-13-15-25(16-14-23)28(30)33-22(3)27(29)31-5-2/h4,13-20,22H,1,5-12,21H2,2-3H3. The van der Waals surface area contributed by atoms with Crippen LogP contribution in [-0.4, -0.2) is 31.3 Å². The molecule has 0 bridgehead atoms. The van der Waals surface area contributed by atoms with Crippen molar-refractivity contribution in [3.63, 3.8) is 0 Å². The van der Waals surface area contributed by atoms with E-state index in [1.807, 2.05) is 42.5 Å². The number of benzene rings is 2. The summed E-state index contributed by atoms with van der Waals surface area (Å²) >= 11 is 0. The van der Waals surface area contributed by atoms with E-state index in [1.165, 1.54) is 39.0 Å². The highest BCUT2D eigenvalue weighted by Crippen LogP contribution is 2.23. The second-order valence-corrected chi connectivity index (χ2v) is 7.95. The molecule has 33 heavy (non-hydrogen) atoms. The number of carbonyl (C=O) groups is 2. The van der Waals surface area contributed by atoms with Crippen molar-refractivity contribution in [2.75, 3.05) is 13.2 Å². The van der Waals surface area contributed by atoms with E-state index in [1.54, 1.807) is 19.1 Å². The fourth-order valence-electron chi connectivity index (χ4n) is 3.37. The lowest BCUT2D eigenvalue weighted by molar-refractivity contribution is -0.152. The number of ether oxygens (including phenoxy) is 3. The summed E-state index contributed by atoms with van der Waals surface area (Å²) in [5, 5.41) is 0. The average molecular weight is 453 g/mol. The van der Waals surface area contributed by atoms with Crippen molar-refractivity contribution in [2.24, 2.45) is 0 Å². The molecule has 0 aliphatic heterocycles. The molecule has 0 heterocycles. The highest BCUT2D eigenvalue weighted by molar-refractivity contribution is 5.92. The summed E-state index contributed by atoms with van der Waals surface area (Å²) in [6, 6.07) is 15.0. The molecule has 1 unspecified atom stereocenters. The van der Waals surface area contributed by atoms with Crippen molar-refractivity contribution >= 4 is 11.9 Å². The Hall–Kier alpha value is -3.08. The Kier molecular flexibility index (Phi) is 11.8. The Bertz CT molecular complexity index is 855. The van der Waals surface area contributed by atoms with E-state index < -0.39 is 18.0 Å². The minimum atomic E-state index is -0.938. The number of allylic oxidation sites excluding steroid dienone is 1. The van der Waals surface area contributed by atoms with E-state index in [9.17, 15) is 9.59 Å². The monoisotopic (exact) mass is 452 g/mol. The maximum atomic E-state index is 12.2.